The number of fused-ring (bicyclic) bond motifs is 3. The van der Waals surface area contributed by atoms with Gasteiger partial charge in [0.1, 0.15) is 5.56 Å². The first-order valence-corrected chi connectivity index (χ1v) is 8.61. The molecule has 0 amide bonds. The summed E-state index contributed by atoms with van der Waals surface area (Å²) in [6.07, 6.45) is 1.62. The highest BCUT2D eigenvalue weighted by Gasteiger charge is 2.23. The van der Waals surface area contributed by atoms with Crippen LogP contribution in [0.3, 0.4) is 0 Å². The third-order valence-electron chi connectivity index (χ3n) is 4.92. The van der Waals surface area contributed by atoms with E-state index in [4.69, 9.17) is 9.63 Å². The number of aromatic carboxylic acids is 1. The second-order valence-corrected chi connectivity index (χ2v) is 6.71. The van der Waals surface area contributed by atoms with E-state index in [1.165, 1.54) is 0 Å². The zero-order chi connectivity index (χ0) is 19.1. The van der Waals surface area contributed by atoms with Gasteiger partial charge in [-0.2, -0.15) is 0 Å². The second kappa shape index (κ2) is 6.39. The van der Waals surface area contributed by atoms with Crippen molar-refractivity contribution in [1.29, 1.82) is 0 Å². The monoisotopic (exact) mass is 363 g/mol. The lowest BCUT2D eigenvalue weighted by Gasteiger charge is -2.21. The van der Waals surface area contributed by atoms with Crippen LogP contribution in [0, 0.1) is 6.92 Å². The summed E-state index contributed by atoms with van der Waals surface area (Å²) in [5.74, 6) is -1.63. The van der Waals surface area contributed by atoms with E-state index in [1.54, 1.807) is 6.92 Å². The minimum Gasteiger partial charge on any atom is -0.481 e. The van der Waals surface area contributed by atoms with E-state index < -0.39 is 11.9 Å². The van der Waals surface area contributed by atoms with Gasteiger partial charge in [0.15, 0.2) is 5.76 Å². The van der Waals surface area contributed by atoms with Crippen molar-refractivity contribution < 1.29 is 24.3 Å². The van der Waals surface area contributed by atoms with Gasteiger partial charge in [-0.3, -0.25) is 4.79 Å². The summed E-state index contributed by atoms with van der Waals surface area (Å²) >= 11 is 0. The third-order valence-corrected chi connectivity index (χ3v) is 4.92. The Morgan fingerprint density at radius 3 is 2.37 bits per heavy atom. The first-order chi connectivity index (χ1) is 12.9. The Balaban J connectivity index is 1.75. The lowest BCUT2D eigenvalue weighted by atomic mass is 9.83. The van der Waals surface area contributed by atoms with Crippen LogP contribution in [-0.4, -0.2) is 27.3 Å². The molecule has 6 heteroatoms. The van der Waals surface area contributed by atoms with Gasteiger partial charge in [-0.05, 0) is 53.6 Å². The number of nitrogens with zero attached hydrogens (tertiary/aromatic N) is 1. The van der Waals surface area contributed by atoms with Gasteiger partial charge in [0.2, 0.25) is 0 Å². The summed E-state index contributed by atoms with van der Waals surface area (Å²) in [7, 11) is 0. The van der Waals surface area contributed by atoms with Gasteiger partial charge >= 0.3 is 11.9 Å². The molecule has 1 aliphatic rings. The van der Waals surface area contributed by atoms with Gasteiger partial charge in [-0.25, -0.2) is 4.79 Å². The van der Waals surface area contributed by atoms with Crippen LogP contribution in [0.5, 0.6) is 0 Å². The average molecular weight is 363 g/mol. The molecule has 0 bridgehead atoms. The number of carboxylic acid groups (broad SMARTS) is 2. The molecule has 1 heterocycles. The molecule has 0 unspecified atom stereocenters. The molecule has 0 atom stereocenters. The number of aliphatic carboxylic acids is 1. The summed E-state index contributed by atoms with van der Waals surface area (Å²) < 4.78 is 5.27. The molecule has 0 saturated carbocycles. The normalized spacial score (nSPS) is 12.3. The van der Waals surface area contributed by atoms with Gasteiger partial charge in [0.05, 0.1) is 12.1 Å². The number of aryl methyl sites for hydroxylation is 3. The van der Waals surface area contributed by atoms with Crippen LogP contribution in [0.4, 0.5) is 0 Å². The summed E-state index contributed by atoms with van der Waals surface area (Å²) in [6.45, 7) is 1.61. The van der Waals surface area contributed by atoms with Gasteiger partial charge < -0.3 is 14.7 Å². The standard InChI is InChI=1S/C21H17NO5/c1-11-19(21(25)26)20(27-22-11)15-5-7-17-14(10-15)4-3-13-8-12(9-18(23)24)2-6-16(13)17/h2,5-8,10H,3-4,9H2,1H3,(H,23,24)(H,25,26). The fraction of sp³-hybridized carbons (Fsp3) is 0.190. The number of aromatic nitrogens is 1. The smallest absolute Gasteiger partial charge is 0.341 e. The lowest BCUT2D eigenvalue weighted by molar-refractivity contribution is -0.136. The maximum Gasteiger partial charge on any atom is 0.341 e. The fourth-order valence-corrected chi connectivity index (χ4v) is 3.69. The van der Waals surface area contributed by atoms with Crippen LogP contribution in [-0.2, 0) is 24.1 Å². The van der Waals surface area contributed by atoms with Crippen LogP contribution < -0.4 is 0 Å². The van der Waals surface area contributed by atoms with E-state index in [9.17, 15) is 14.7 Å². The van der Waals surface area contributed by atoms with Crippen molar-refractivity contribution in [3.8, 4) is 22.5 Å². The molecule has 2 aromatic carbocycles. The Morgan fingerprint density at radius 2 is 1.70 bits per heavy atom. The zero-order valence-corrected chi connectivity index (χ0v) is 14.7. The van der Waals surface area contributed by atoms with Crippen molar-refractivity contribution in [2.45, 2.75) is 26.2 Å². The Kier molecular flexibility index (Phi) is 4.03. The van der Waals surface area contributed by atoms with Crippen molar-refractivity contribution in [1.82, 2.24) is 5.16 Å². The summed E-state index contributed by atoms with van der Waals surface area (Å²) in [5.41, 5.74) is 6.34. The predicted octanol–water partition coefficient (Wildman–Crippen LogP) is 3.74. The number of hydrogen-bond donors (Lipinski definition) is 2. The Bertz CT molecular complexity index is 1080. The maximum absolute atomic E-state index is 11.5. The molecule has 1 aromatic heterocycles. The molecule has 0 spiro atoms. The van der Waals surface area contributed by atoms with Crippen LogP contribution in [0.15, 0.2) is 40.9 Å². The van der Waals surface area contributed by atoms with Crippen molar-refractivity contribution in [3.63, 3.8) is 0 Å². The Hall–Kier alpha value is -3.41. The third kappa shape index (κ3) is 2.99. The van der Waals surface area contributed by atoms with Crippen molar-refractivity contribution >= 4 is 11.9 Å². The second-order valence-electron chi connectivity index (χ2n) is 6.71. The quantitative estimate of drug-likeness (QED) is 0.732. The largest absolute Gasteiger partial charge is 0.481 e. The molecule has 136 valence electrons. The molecule has 0 radical (unpaired) electrons. The topological polar surface area (TPSA) is 101 Å². The minimum absolute atomic E-state index is 0.0158. The first-order valence-electron chi connectivity index (χ1n) is 8.61. The number of carboxylic acids is 2. The SMILES string of the molecule is Cc1noc(-c2ccc3c(c2)CCc2cc(CC(=O)O)ccc2-3)c1C(=O)O. The average Bonchev–Trinajstić information content (AvgIpc) is 3.02. The molecule has 3 aromatic rings. The lowest BCUT2D eigenvalue weighted by Crippen LogP contribution is -2.07. The van der Waals surface area contributed by atoms with Gasteiger partial charge in [-0.15, -0.1) is 0 Å². The Morgan fingerprint density at radius 1 is 1.04 bits per heavy atom. The van der Waals surface area contributed by atoms with Crippen LogP contribution in [0.1, 0.15) is 32.7 Å². The molecule has 2 N–H and O–H groups in total. The molecule has 0 saturated heterocycles. The van der Waals surface area contributed by atoms with E-state index in [1.807, 2.05) is 36.4 Å². The van der Waals surface area contributed by atoms with Gasteiger partial charge in [-0.1, -0.05) is 35.5 Å². The van der Waals surface area contributed by atoms with E-state index >= 15 is 0 Å². The molecule has 1 aliphatic carbocycles. The number of carbonyl (C=O) groups is 2. The Labute approximate surface area is 155 Å². The van der Waals surface area contributed by atoms with Crippen LogP contribution >= 0.6 is 0 Å². The molecule has 4 rings (SSSR count). The summed E-state index contributed by atoms with van der Waals surface area (Å²) in [4.78, 5) is 22.4. The minimum atomic E-state index is -1.06. The first kappa shape index (κ1) is 17.0. The van der Waals surface area contributed by atoms with Gasteiger partial charge in [0.25, 0.3) is 0 Å². The molecular weight excluding hydrogens is 346 g/mol. The number of hydrogen-bond acceptors (Lipinski definition) is 4. The van der Waals surface area contributed by atoms with Crippen LogP contribution in [0.25, 0.3) is 22.5 Å². The molecule has 0 fully saturated rings. The molecule has 0 aliphatic heterocycles. The van der Waals surface area contributed by atoms with E-state index in [0.29, 0.717) is 11.3 Å². The van der Waals surface area contributed by atoms with Crippen LogP contribution in [0.2, 0.25) is 0 Å². The molecule has 27 heavy (non-hydrogen) atoms. The van der Waals surface area contributed by atoms with Gasteiger partial charge in [0, 0.05) is 5.56 Å². The number of benzene rings is 2. The summed E-state index contributed by atoms with van der Waals surface area (Å²) in [6, 6.07) is 11.5. The highest BCUT2D eigenvalue weighted by atomic mass is 16.5. The predicted molar refractivity (Wildman–Crippen MR) is 97.8 cm³/mol. The van der Waals surface area contributed by atoms with Crippen molar-refractivity contribution in [3.05, 3.63) is 64.3 Å². The maximum atomic E-state index is 11.5. The molecule has 6 nitrogen and oxygen atoms in total. The van der Waals surface area contributed by atoms with Crippen molar-refractivity contribution in [2.75, 3.05) is 0 Å². The highest BCUT2D eigenvalue weighted by Crippen LogP contribution is 2.37. The van der Waals surface area contributed by atoms with E-state index in [-0.39, 0.29) is 17.7 Å². The molecular formula is C21H17NO5. The van der Waals surface area contributed by atoms with E-state index in [0.717, 1.165) is 40.7 Å². The summed E-state index contributed by atoms with van der Waals surface area (Å²) in [5, 5.41) is 22.2. The number of rotatable bonds is 4. The highest BCUT2D eigenvalue weighted by molar-refractivity contribution is 5.95. The fourth-order valence-electron chi connectivity index (χ4n) is 3.69. The zero-order valence-electron chi connectivity index (χ0n) is 14.7. The van der Waals surface area contributed by atoms with E-state index in [2.05, 4.69) is 5.16 Å². The van der Waals surface area contributed by atoms with Crippen molar-refractivity contribution in [2.24, 2.45) is 0 Å².